The second-order valence-corrected chi connectivity index (χ2v) is 7.75. The minimum absolute atomic E-state index is 0.0344. The quantitative estimate of drug-likeness (QED) is 0.698. The van der Waals surface area contributed by atoms with Crippen LogP contribution in [0.25, 0.3) is 0 Å². The van der Waals surface area contributed by atoms with Crippen LogP contribution in [0.3, 0.4) is 0 Å². The molecular formula is C11H15N3O4S2. The molecule has 0 atom stereocenters. The molecule has 0 spiro atoms. The van der Waals surface area contributed by atoms with Gasteiger partial charge in [-0.2, -0.15) is 5.26 Å². The monoisotopic (exact) mass is 317 g/mol. The molecule has 0 saturated carbocycles. The fourth-order valence-electron chi connectivity index (χ4n) is 1.43. The maximum atomic E-state index is 11.9. The number of nitrogens with zero attached hydrogens (tertiary/aromatic N) is 1. The zero-order chi connectivity index (χ0) is 15.4. The first-order valence-corrected chi connectivity index (χ1v) is 8.98. The summed E-state index contributed by atoms with van der Waals surface area (Å²) >= 11 is 0. The lowest BCUT2D eigenvalue weighted by atomic mass is 10.1. The van der Waals surface area contributed by atoms with Crippen molar-refractivity contribution in [2.75, 3.05) is 19.3 Å². The molecule has 0 radical (unpaired) electrons. The summed E-state index contributed by atoms with van der Waals surface area (Å²) in [6, 6.07) is 6.11. The molecule has 7 nitrogen and oxygen atoms in total. The van der Waals surface area contributed by atoms with Crippen LogP contribution in [0.5, 0.6) is 0 Å². The summed E-state index contributed by atoms with van der Waals surface area (Å²) in [6.45, 7) is 1.55. The van der Waals surface area contributed by atoms with E-state index in [0.29, 0.717) is 11.1 Å². The maximum Gasteiger partial charge on any atom is 0.240 e. The summed E-state index contributed by atoms with van der Waals surface area (Å²) in [7, 11) is -7.06. The maximum absolute atomic E-state index is 11.9. The van der Waals surface area contributed by atoms with Crippen LogP contribution >= 0.6 is 0 Å². The molecule has 0 saturated heterocycles. The van der Waals surface area contributed by atoms with Crippen LogP contribution in [-0.4, -0.2) is 36.2 Å². The molecule has 0 fully saturated rings. The summed E-state index contributed by atoms with van der Waals surface area (Å²) in [5.74, 6) is 0. The molecule has 0 aromatic heterocycles. The zero-order valence-corrected chi connectivity index (χ0v) is 12.7. The van der Waals surface area contributed by atoms with E-state index in [9.17, 15) is 16.8 Å². The Kier molecular flexibility index (Phi) is 5.24. The SMILES string of the molecule is Cc1cc(S(=O)(=O)NCCNS(C)(=O)=O)ccc1C#N. The van der Waals surface area contributed by atoms with Crippen molar-refractivity contribution in [2.24, 2.45) is 0 Å². The van der Waals surface area contributed by atoms with Gasteiger partial charge in [-0.1, -0.05) is 0 Å². The van der Waals surface area contributed by atoms with Gasteiger partial charge in [-0.25, -0.2) is 26.3 Å². The number of benzene rings is 1. The first-order valence-electron chi connectivity index (χ1n) is 5.61. The predicted molar refractivity (Wildman–Crippen MR) is 73.9 cm³/mol. The Morgan fingerprint density at radius 1 is 1.15 bits per heavy atom. The molecule has 2 N–H and O–H groups in total. The van der Waals surface area contributed by atoms with E-state index >= 15 is 0 Å². The van der Waals surface area contributed by atoms with Crippen LogP contribution in [0.1, 0.15) is 11.1 Å². The number of aryl methyl sites for hydroxylation is 1. The summed E-state index contributed by atoms with van der Waals surface area (Å²) in [5, 5.41) is 8.78. The molecule has 110 valence electrons. The first kappa shape index (κ1) is 16.6. The number of nitrogens with one attached hydrogen (secondary N) is 2. The lowest BCUT2D eigenvalue weighted by Crippen LogP contribution is -2.34. The Hall–Kier alpha value is -1.47. The molecule has 0 amide bonds. The van der Waals surface area contributed by atoms with Crippen molar-refractivity contribution >= 4 is 20.0 Å². The number of sulfonamides is 2. The van der Waals surface area contributed by atoms with Gasteiger partial charge in [0.05, 0.1) is 22.8 Å². The average Bonchev–Trinajstić information content (AvgIpc) is 2.33. The van der Waals surface area contributed by atoms with E-state index in [-0.39, 0.29) is 18.0 Å². The first-order chi connectivity index (χ1) is 9.15. The molecule has 0 aliphatic rings. The summed E-state index contributed by atoms with van der Waals surface area (Å²) in [6.07, 6.45) is 0.992. The summed E-state index contributed by atoms with van der Waals surface area (Å²) in [5.41, 5.74) is 0.965. The van der Waals surface area contributed by atoms with Crippen LogP contribution in [-0.2, 0) is 20.0 Å². The van der Waals surface area contributed by atoms with Gasteiger partial charge < -0.3 is 0 Å². The highest BCUT2D eigenvalue weighted by atomic mass is 32.2. The van der Waals surface area contributed by atoms with Crippen molar-refractivity contribution in [1.82, 2.24) is 9.44 Å². The Bertz CT molecular complexity index is 733. The third-order valence-electron chi connectivity index (χ3n) is 2.41. The molecule has 1 rings (SSSR count). The highest BCUT2D eigenvalue weighted by Crippen LogP contribution is 2.14. The highest BCUT2D eigenvalue weighted by molar-refractivity contribution is 7.89. The predicted octanol–water partition coefficient (Wildman–Crippen LogP) is -0.306. The van der Waals surface area contributed by atoms with Crippen LogP contribution in [0.4, 0.5) is 0 Å². The van der Waals surface area contributed by atoms with Crippen molar-refractivity contribution in [2.45, 2.75) is 11.8 Å². The van der Waals surface area contributed by atoms with Gasteiger partial charge in [-0.3, -0.25) is 0 Å². The molecule has 0 aliphatic carbocycles. The second-order valence-electron chi connectivity index (χ2n) is 4.15. The largest absolute Gasteiger partial charge is 0.240 e. The third-order valence-corrected chi connectivity index (χ3v) is 4.60. The van der Waals surface area contributed by atoms with Gasteiger partial charge in [0.2, 0.25) is 20.0 Å². The fraction of sp³-hybridized carbons (Fsp3) is 0.364. The van der Waals surface area contributed by atoms with E-state index in [1.165, 1.54) is 18.2 Å². The second kappa shape index (κ2) is 6.32. The minimum Gasteiger partial charge on any atom is -0.214 e. The highest BCUT2D eigenvalue weighted by Gasteiger charge is 2.14. The Morgan fingerprint density at radius 2 is 1.75 bits per heavy atom. The van der Waals surface area contributed by atoms with Gasteiger partial charge in [0, 0.05) is 13.1 Å². The number of hydrogen-bond donors (Lipinski definition) is 2. The topological polar surface area (TPSA) is 116 Å². The van der Waals surface area contributed by atoms with E-state index < -0.39 is 20.0 Å². The standard InChI is InChI=1S/C11H15N3O4S2/c1-9-7-11(4-3-10(9)8-12)20(17,18)14-6-5-13-19(2,15)16/h3-4,7,13-14H,5-6H2,1-2H3. The zero-order valence-electron chi connectivity index (χ0n) is 11.0. The average molecular weight is 317 g/mol. The van der Waals surface area contributed by atoms with Crippen molar-refractivity contribution in [3.8, 4) is 6.07 Å². The Morgan fingerprint density at radius 3 is 2.25 bits per heavy atom. The number of rotatable bonds is 6. The minimum atomic E-state index is -3.72. The van der Waals surface area contributed by atoms with Crippen molar-refractivity contribution in [3.63, 3.8) is 0 Å². The van der Waals surface area contributed by atoms with E-state index in [1.54, 1.807) is 6.92 Å². The van der Waals surface area contributed by atoms with Crippen LogP contribution in [0, 0.1) is 18.3 Å². The van der Waals surface area contributed by atoms with Gasteiger partial charge in [-0.05, 0) is 30.7 Å². The van der Waals surface area contributed by atoms with Crippen molar-refractivity contribution in [1.29, 1.82) is 5.26 Å². The van der Waals surface area contributed by atoms with Crippen LogP contribution in [0.2, 0.25) is 0 Å². The van der Waals surface area contributed by atoms with Gasteiger partial charge in [0.15, 0.2) is 0 Å². The van der Waals surface area contributed by atoms with Crippen molar-refractivity contribution < 1.29 is 16.8 Å². The molecule has 1 aromatic rings. The van der Waals surface area contributed by atoms with E-state index in [4.69, 9.17) is 5.26 Å². The smallest absolute Gasteiger partial charge is 0.214 e. The molecule has 0 bridgehead atoms. The van der Waals surface area contributed by atoms with Crippen LogP contribution in [0.15, 0.2) is 23.1 Å². The van der Waals surface area contributed by atoms with Gasteiger partial charge in [0.1, 0.15) is 0 Å². The van der Waals surface area contributed by atoms with Gasteiger partial charge in [-0.15, -0.1) is 0 Å². The van der Waals surface area contributed by atoms with Gasteiger partial charge in [0.25, 0.3) is 0 Å². The number of nitriles is 1. The van der Waals surface area contributed by atoms with Gasteiger partial charge >= 0.3 is 0 Å². The Balaban J connectivity index is 2.75. The molecule has 20 heavy (non-hydrogen) atoms. The molecule has 0 heterocycles. The molecule has 9 heteroatoms. The normalized spacial score (nSPS) is 12.1. The van der Waals surface area contributed by atoms with E-state index in [0.717, 1.165) is 6.26 Å². The van der Waals surface area contributed by atoms with E-state index in [1.807, 2.05) is 6.07 Å². The Labute approximate surface area is 118 Å². The third kappa shape index (κ3) is 4.90. The molecule has 0 unspecified atom stereocenters. The lowest BCUT2D eigenvalue weighted by molar-refractivity contribution is 0.573. The summed E-state index contributed by atoms with van der Waals surface area (Å²) in [4.78, 5) is 0.0355. The molecular weight excluding hydrogens is 302 g/mol. The van der Waals surface area contributed by atoms with E-state index in [2.05, 4.69) is 9.44 Å². The number of hydrogen-bond acceptors (Lipinski definition) is 5. The fourth-order valence-corrected chi connectivity index (χ4v) is 3.02. The molecule has 0 aliphatic heterocycles. The van der Waals surface area contributed by atoms with Crippen LogP contribution < -0.4 is 9.44 Å². The van der Waals surface area contributed by atoms with Crippen molar-refractivity contribution in [3.05, 3.63) is 29.3 Å². The summed E-state index contributed by atoms with van der Waals surface area (Å²) < 4.78 is 50.0. The molecule has 1 aromatic carbocycles. The lowest BCUT2D eigenvalue weighted by Gasteiger charge is -2.08.